The van der Waals surface area contributed by atoms with E-state index in [4.69, 9.17) is 4.74 Å². The monoisotopic (exact) mass is 197 g/mol. The van der Waals surface area contributed by atoms with Crippen molar-refractivity contribution in [1.29, 1.82) is 0 Å². The first kappa shape index (κ1) is 10.4. The summed E-state index contributed by atoms with van der Waals surface area (Å²) in [6.07, 6.45) is 2.75. The SMILES string of the molecule is CC1CC(N2CCOCC2)CC1(C)C. The molecule has 1 aliphatic heterocycles. The molecule has 2 atom stereocenters. The van der Waals surface area contributed by atoms with E-state index in [0.29, 0.717) is 5.41 Å². The molecule has 0 N–H and O–H groups in total. The Kier molecular flexibility index (Phi) is 2.85. The molecule has 0 bridgehead atoms. The Morgan fingerprint density at radius 2 is 1.86 bits per heavy atom. The lowest BCUT2D eigenvalue weighted by Gasteiger charge is -2.32. The first-order valence-corrected chi connectivity index (χ1v) is 5.91. The minimum atomic E-state index is 0.545. The van der Waals surface area contributed by atoms with Gasteiger partial charge < -0.3 is 4.74 Å². The van der Waals surface area contributed by atoms with Gasteiger partial charge in [-0.05, 0) is 24.2 Å². The van der Waals surface area contributed by atoms with Crippen LogP contribution in [0.25, 0.3) is 0 Å². The maximum absolute atomic E-state index is 5.40. The minimum Gasteiger partial charge on any atom is -0.379 e. The van der Waals surface area contributed by atoms with Gasteiger partial charge in [-0.15, -0.1) is 0 Å². The molecule has 2 aliphatic rings. The maximum atomic E-state index is 5.40. The zero-order chi connectivity index (χ0) is 10.2. The molecular formula is C12H23NO. The van der Waals surface area contributed by atoms with Crippen LogP contribution in [0.3, 0.4) is 0 Å². The number of nitrogens with zero attached hydrogens (tertiary/aromatic N) is 1. The van der Waals surface area contributed by atoms with Crippen molar-refractivity contribution in [3.63, 3.8) is 0 Å². The summed E-state index contributed by atoms with van der Waals surface area (Å²) in [5, 5.41) is 0. The Hall–Kier alpha value is -0.0800. The Morgan fingerprint density at radius 1 is 1.21 bits per heavy atom. The third kappa shape index (κ3) is 1.96. The van der Waals surface area contributed by atoms with E-state index in [1.54, 1.807) is 0 Å². The van der Waals surface area contributed by atoms with Crippen molar-refractivity contribution in [3.05, 3.63) is 0 Å². The van der Waals surface area contributed by atoms with Gasteiger partial charge in [0.2, 0.25) is 0 Å². The van der Waals surface area contributed by atoms with Gasteiger partial charge in [0.1, 0.15) is 0 Å². The number of hydrogen-bond donors (Lipinski definition) is 0. The highest BCUT2D eigenvalue weighted by molar-refractivity contribution is 4.92. The van der Waals surface area contributed by atoms with Gasteiger partial charge in [0.15, 0.2) is 0 Å². The molecule has 2 nitrogen and oxygen atoms in total. The van der Waals surface area contributed by atoms with E-state index >= 15 is 0 Å². The number of rotatable bonds is 1. The summed E-state index contributed by atoms with van der Waals surface area (Å²) in [7, 11) is 0. The van der Waals surface area contributed by atoms with Crippen molar-refractivity contribution < 1.29 is 4.74 Å². The second-order valence-corrected chi connectivity index (χ2v) is 5.63. The van der Waals surface area contributed by atoms with Gasteiger partial charge in [-0.25, -0.2) is 0 Å². The van der Waals surface area contributed by atoms with Crippen LogP contribution in [-0.4, -0.2) is 37.2 Å². The average molecular weight is 197 g/mol. The molecule has 2 heteroatoms. The summed E-state index contributed by atoms with van der Waals surface area (Å²) < 4.78 is 5.40. The molecule has 0 radical (unpaired) electrons. The third-order valence-electron chi connectivity index (χ3n) is 4.28. The van der Waals surface area contributed by atoms with Crippen molar-refractivity contribution in [2.45, 2.75) is 39.7 Å². The lowest BCUT2D eigenvalue weighted by atomic mass is 9.83. The van der Waals surface area contributed by atoms with E-state index in [-0.39, 0.29) is 0 Å². The van der Waals surface area contributed by atoms with Crippen LogP contribution in [0.2, 0.25) is 0 Å². The van der Waals surface area contributed by atoms with Gasteiger partial charge in [-0.3, -0.25) is 4.90 Å². The predicted molar refractivity (Wildman–Crippen MR) is 58.4 cm³/mol. The third-order valence-corrected chi connectivity index (χ3v) is 4.28. The normalized spacial score (nSPS) is 38.8. The van der Waals surface area contributed by atoms with Gasteiger partial charge in [0, 0.05) is 19.1 Å². The fourth-order valence-electron chi connectivity index (χ4n) is 2.84. The summed E-state index contributed by atoms with van der Waals surface area (Å²) >= 11 is 0. The smallest absolute Gasteiger partial charge is 0.0594 e. The van der Waals surface area contributed by atoms with Gasteiger partial charge in [-0.2, -0.15) is 0 Å². The van der Waals surface area contributed by atoms with Crippen LogP contribution in [0, 0.1) is 11.3 Å². The molecule has 0 aromatic heterocycles. The van der Waals surface area contributed by atoms with Crippen molar-refractivity contribution in [2.75, 3.05) is 26.3 Å². The molecule has 0 spiro atoms. The Bertz CT molecular complexity index is 196. The van der Waals surface area contributed by atoms with E-state index in [1.165, 1.54) is 12.8 Å². The minimum absolute atomic E-state index is 0.545. The van der Waals surface area contributed by atoms with Gasteiger partial charge in [0.25, 0.3) is 0 Å². The zero-order valence-corrected chi connectivity index (χ0v) is 9.75. The highest BCUT2D eigenvalue weighted by Crippen LogP contribution is 2.44. The van der Waals surface area contributed by atoms with Gasteiger partial charge in [0.05, 0.1) is 13.2 Å². The fraction of sp³-hybridized carbons (Fsp3) is 1.00. The van der Waals surface area contributed by atoms with Crippen LogP contribution in [0.5, 0.6) is 0 Å². The van der Waals surface area contributed by atoms with E-state index < -0.39 is 0 Å². The molecule has 1 saturated heterocycles. The van der Waals surface area contributed by atoms with E-state index in [2.05, 4.69) is 25.7 Å². The molecular weight excluding hydrogens is 174 g/mol. The summed E-state index contributed by atoms with van der Waals surface area (Å²) in [5.74, 6) is 0.871. The standard InChI is InChI=1S/C12H23NO/c1-10-8-11(9-12(10,2)3)13-4-6-14-7-5-13/h10-11H,4-9H2,1-3H3. The first-order valence-electron chi connectivity index (χ1n) is 5.91. The molecule has 1 heterocycles. The second kappa shape index (κ2) is 3.82. The highest BCUT2D eigenvalue weighted by atomic mass is 16.5. The largest absolute Gasteiger partial charge is 0.379 e. The van der Waals surface area contributed by atoms with Crippen LogP contribution < -0.4 is 0 Å². The van der Waals surface area contributed by atoms with Crippen molar-refractivity contribution in [3.8, 4) is 0 Å². The Labute approximate surface area is 87.6 Å². The highest BCUT2D eigenvalue weighted by Gasteiger charge is 2.40. The average Bonchev–Trinajstić information content (AvgIpc) is 2.43. The van der Waals surface area contributed by atoms with Crippen molar-refractivity contribution in [1.82, 2.24) is 4.90 Å². The van der Waals surface area contributed by atoms with E-state index in [9.17, 15) is 0 Å². The molecule has 2 unspecified atom stereocenters. The lowest BCUT2D eigenvalue weighted by Crippen LogP contribution is -2.42. The van der Waals surface area contributed by atoms with E-state index in [0.717, 1.165) is 38.3 Å². The van der Waals surface area contributed by atoms with Crippen molar-refractivity contribution in [2.24, 2.45) is 11.3 Å². The number of morpholine rings is 1. The number of hydrogen-bond acceptors (Lipinski definition) is 2. The molecule has 2 rings (SSSR count). The number of ether oxygens (including phenoxy) is 1. The molecule has 14 heavy (non-hydrogen) atoms. The van der Waals surface area contributed by atoms with Crippen LogP contribution in [0.1, 0.15) is 33.6 Å². The molecule has 0 amide bonds. The predicted octanol–water partition coefficient (Wildman–Crippen LogP) is 2.14. The van der Waals surface area contributed by atoms with Gasteiger partial charge >= 0.3 is 0 Å². The van der Waals surface area contributed by atoms with Gasteiger partial charge in [-0.1, -0.05) is 20.8 Å². The Balaban J connectivity index is 1.93. The molecule has 0 aromatic rings. The summed E-state index contributed by atoms with van der Waals surface area (Å²) in [4.78, 5) is 2.63. The molecule has 82 valence electrons. The maximum Gasteiger partial charge on any atom is 0.0594 e. The van der Waals surface area contributed by atoms with Crippen molar-refractivity contribution >= 4 is 0 Å². The van der Waals surface area contributed by atoms with Crippen LogP contribution in [-0.2, 0) is 4.74 Å². The second-order valence-electron chi connectivity index (χ2n) is 5.63. The lowest BCUT2D eigenvalue weighted by molar-refractivity contribution is 0.0159. The van der Waals surface area contributed by atoms with Crippen LogP contribution in [0.15, 0.2) is 0 Å². The van der Waals surface area contributed by atoms with Crippen LogP contribution in [0.4, 0.5) is 0 Å². The quantitative estimate of drug-likeness (QED) is 0.638. The molecule has 2 fully saturated rings. The zero-order valence-electron chi connectivity index (χ0n) is 9.75. The summed E-state index contributed by atoms with van der Waals surface area (Å²) in [6, 6.07) is 0.823. The topological polar surface area (TPSA) is 12.5 Å². The summed E-state index contributed by atoms with van der Waals surface area (Å²) in [5.41, 5.74) is 0.545. The first-order chi connectivity index (χ1) is 6.59. The Morgan fingerprint density at radius 3 is 2.36 bits per heavy atom. The summed E-state index contributed by atoms with van der Waals surface area (Å²) in [6.45, 7) is 11.4. The van der Waals surface area contributed by atoms with Crippen LogP contribution >= 0.6 is 0 Å². The fourth-order valence-corrected chi connectivity index (χ4v) is 2.84. The molecule has 1 saturated carbocycles. The van der Waals surface area contributed by atoms with E-state index in [1.807, 2.05) is 0 Å². The molecule has 1 aliphatic carbocycles. The molecule has 0 aromatic carbocycles.